The van der Waals surface area contributed by atoms with Crippen molar-refractivity contribution < 1.29 is 18.8 Å². The molecule has 0 aliphatic carbocycles. The third kappa shape index (κ3) is 3.07. The molecule has 2 saturated heterocycles. The Labute approximate surface area is 139 Å². The van der Waals surface area contributed by atoms with Gasteiger partial charge < -0.3 is 18.9 Å². The van der Waals surface area contributed by atoms with Crippen LogP contribution in [-0.4, -0.2) is 64.3 Å². The number of fused-ring (bicyclic) bond motifs is 1. The predicted molar refractivity (Wildman–Crippen MR) is 82.3 cm³/mol. The Bertz CT molecular complexity index is 683. The molecule has 24 heavy (non-hydrogen) atoms. The molecule has 0 radical (unpaired) electrons. The molecule has 8 nitrogen and oxygen atoms in total. The van der Waals surface area contributed by atoms with E-state index in [-0.39, 0.29) is 30.6 Å². The summed E-state index contributed by atoms with van der Waals surface area (Å²) in [5.41, 5.74) is 0.778. The van der Waals surface area contributed by atoms with Gasteiger partial charge in [-0.1, -0.05) is 5.16 Å². The van der Waals surface area contributed by atoms with E-state index >= 15 is 0 Å². The van der Waals surface area contributed by atoms with Gasteiger partial charge in [0.25, 0.3) is 0 Å². The van der Waals surface area contributed by atoms with Gasteiger partial charge in [0.05, 0.1) is 31.4 Å². The third-order valence-corrected chi connectivity index (χ3v) is 4.47. The number of carbonyl (C=O) groups excluding carboxylic acids is 1. The number of amides is 1. The standard InChI is InChI=1S/C16H20N4O4/c1-11-5-13(24-18-11)6-16(21)19-7-14-15(8-19)23-10-12(9-22-14)20-4-2-3-17-20/h2-5,12,14-15H,6-10H2,1H3/t14-,15-/m0/s1. The molecule has 0 unspecified atom stereocenters. The molecule has 2 aromatic rings. The van der Waals surface area contributed by atoms with E-state index in [1.54, 1.807) is 17.2 Å². The van der Waals surface area contributed by atoms with Crippen molar-refractivity contribution in [3.8, 4) is 0 Å². The first-order valence-corrected chi connectivity index (χ1v) is 8.11. The second-order valence-electron chi connectivity index (χ2n) is 6.29. The molecule has 1 amide bonds. The van der Waals surface area contributed by atoms with Crippen molar-refractivity contribution in [1.29, 1.82) is 0 Å². The molecule has 4 heterocycles. The molecule has 0 bridgehead atoms. The number of rotatable bonds is 3. The molecule has 0 saturated carbocycles. The lowest BCUT2D eigenvalue weighted by molar-refractivity contribution is -0.130. The van der Waals surface area contributed by atoms with Crippen LogP contribution >= 0.6 is 0 Å². The number of hydrogen-bond acceptors (Lipinski definition) is 6. The van der Waals surface area contributed by atoms with Crippen molar-refractivity contribution in [2.75, 3.05) is 26.3 Å². The van der Waals surface area contributed by atoms with E-state index in [2.05, 4.69) is 10.3 Å². The highest BCUT2D eigenvalue weighted by Crippen LogP contribution is 2.24. The number of carbonyl (C=O) groups is 1. The summed E-state index contributed by atoms with van der Waals surface area (Å²) in [5, 5.41) is 8.05. The topological polar surface area (TPSA) is 82.6 Å². The van der Waals surface area contributed by atoms with Gasteiger partial charge in [0.2, 0.25) is 5.91 Å². The van der Waals surface area contributed by atoms with Crippen LogP contribution in [0.5, 0.6) is 0 Å². The van der Waals surface area contributed by atoms with Gasteiger partial charge in [0.15, 0.2) is 0 Å². The van der Waals surface area contributed by atoms with E-state index < -0.39 is 0 Å². The van der Waals surface area contributed by atoms with E-state index in [4.69, 9.17) is 14.0 Å². The average molecular weight is 332 g/mol. The third-order valence-electron chi connectivity index (χ3n) is 4.47. The fourth-order valence-corrected chi connectivity index (χ4v) is 3.20. The van der Waals surface area contributed by atoms with Crippen LogP contribution in [-0.2, 0) is 20.7 Å². The fourth-order valence-electron chi connectivity index (χ4n) is 3.20. The van der Waals surface area contributed by atoms with Gasteiger partial charge in [0.1, 0.15) is 18.0 Å². The van der Waals surface area contributed by atoms with Crippen LogP contribution in [0.2, 0.25) is 0 Å². The van der Waals surface area contributed by atoms with Crippen LogP contribution in [0.4, 0.5) is 0 Å². The Morgan fingerprint density at radius 3 is 2.62 bits per heavy atom. The summed E-state index contributed by atoms with van der Waals surface area (Å²) in [6.07, 6.45) is 3.69. The van der Waals surface area contributed by atoms with Gasteiger partial charge in [-0.15, -0.1) is 0 Å². The van der Waals surface area contributed by atoms with Crippen LogP contribution in [0.3, 0.4) is 0 Å². The maximum absolute atomic E-state index is 12.4. The molecule has 0 aromatic carbocycles. The zero-order chi connectivity index (χ0) is 16.5. The Balaban J connectivity index is 1.35. The first-order valence-electron chi connectivity index (χ1n) is 8.11. The Hall–Kier alpha value is -2.19. The molecule has 2 aliphatic heterocycles. The van der Waals surface area contributed by atoms with E-state index in [0.29, 0.717) is 32.1 Å². The maximum atomic E-state index is 12.4. The summed E-state index contributed by atoms with van der Waals surface area (Å²) in [6.45, 7) is 3.99. The lowest BCUT2D eigenvalue weighted by atomic mass is 10.3. The molecule has 4 rings (SSSR count). The van der Waals surface area contributed by atoms with Gasteiger partial charge >= 0.3 is 0 Å². The van der Waals surface area contributed by atoms with Gasteiger partial charge in [0, 0.05) is 31.5 Å². The first kappa shape index (κ1) is 15.3. The van der Waals surface area contributed by atoms with E-state index in [0.717, 1.165) is 5.69 Å². The predicted octanol–water partition coefficient (Wildman–Crippen LogP) is 0.590. The number of ether oxygens (including phenoxy) is 2. The van der Waals surface area contributed by atoms with Gasteiger partial charge in [-0.25, -0.2) is 0 Å². The second kappa shape index (κ2) is 6.37. The number of aromatic nitrogens is 3. The minimum absolute atomic E-state index is 0.00931. The summed E-state index contributed by atoms with van der Waals surface area (Å²) in [7, 11) is 0. The molecule has 2 fully saturated rings. The van der Waals surface area contributed by atoms with Crippen molar-refractivity contribution in [1.82, 2.24) is 19.8 Å². The van der Waals surface area contributed by atoms with Crippen LogP contribution in [0.1, 0.15) is 17.5 Å². The number of hydrogen-bond donors (Lipinski definition) is 0. The largest absolute Gasteiger partial charge is 0.371 e. The highest BCUT2D eigenvalue weighted by molar-refractivity contribution is 5.78. The second-order valence-corrected chi connectivity index (χ2v) is 6.29. The maximum Gasteiger partial charge on any atom is 0.230 e. The fraction of sp³-hybridized carbons (Fsp3) is 0.562. The van der Waals surface area contributed by atoms with Crippen LogP contribution in [0, 0.1) is 6.92 Å². The molecule has 2 aromatic heterocycles. The molecule has 0 N–H and O–H groups in total. The average Bonchev–Trinajstić information content (AvgIpc) is 3.28. The minimum Gasteiger partial charge on any atom is -0.371 e. The molecule has 2 atom stereocenters. The summed E-state index contributed by atoms with van der Waals surface area (Å²) in [4.78, 5) is 14.2. The van der Waals surface area contributed by atoms with Gasteiger partial charge in [-0.05, 0) is 13.0 Å². The van der Waals surface area contributed by atoms with E-state index in [1.807, 2.05) is 23.9 Å². The SMILES string of the molecule is Cc1cc(CC(=O)N2C[C@@H]3OCC(n4cccn4)CO[C@H]3C2)on1. The summed E-state index contributed by atoms with van der Waals surface area (Å²) in [6, 6.07) is 3.75. The zero-order valence-corrected chi connectivity index (χ0v) is 13.5. The Morgan fingerprint density at radius 1 is 1.29 bits per heavy atom. The lowest BCUT2D eigenvalue weighted by Gasteiger charge is -2.18. The van der Waals surface area contributed by atoms with Crippen LogP contribution < -0.4 is 0 Å². The molecular weight excluding hydrogens is 312 g/mol. The minimum atomic E-state index is -0.0917. The monoisotopic (exact) mass is 332 g/mol. The normalized spacial score (nSPS) is 24.8. The van der Waals surface area contributed by atoms with E-state index in [1.165, 1.54) is 0 Å². The van der Waals surface area contributed by atoms with Gasteiger partial charge in [-0.3, -0.25) is 9.48 Å². The van der Waals surface area contributed by atoms with Crippen molar-refractivity contribution in [2.24, 2.45) is 0 Å². The van der Waals surface area contributed by atoms with Crippen molar-refractivity contribution >= 4 is 5.91 Å². The number of nitrogens with zero attached hydrogens (tertiary/aromatic N) is 4. The van der Waals surface area contributed by atoms with Crippen molar-refractivity contribution in [2.45, 2.75) is 31.6 Å². The summed E-state index contributed by atoms with van der Waals surface area (Å²) >= 11 is 0. The first-order chi connectivity index (χ1) is 11.7. The molecular formula is C16H20N4O4. The van der Waals surface area contributed by atoms with Crippen LogP contribution in [0.25, 0.3) is 0 Å². The van der Waals surface area contributed by atoms with E-state index in [9.17, 15) is 4.79 Å². The lowest BCUT2D eigenvalue weighted by Crippen LogP contribution is -2.32. The zero-order valence-electron chi connectivity index (χ0n) is 13.5. The van der Waals surface area contributed by atoms with Gasteiger partial charge in [-0.2, -0.15) is 5.10 Å². The quantitative estimate of drug-likeness (QED) is 0.818. The molecule has 0 spiro atoms. The van der Waals surface area contributed by atoms with Crippen molar-refractivity contribution in [3.63, 3.8) is 0 Å². The number of aryl methyl sites for hydroxylation is 1. The Kier molecular flexibility index (Phi) is 4.07. The molecule has 2 aliphatic rings. The van der Waals surface area contributed by atoms with Crippen molar-refractivity contribution in [3.05, 3.63) is 36.0 Å². The van der Waals surface area contributed by atoms with Crippen LogP contribution in [0.15, 0.2) is 29.0 Å². The highest BCUT2D eigenvalue weighted by Gasteiger charge is 2.39. The summed E-state index contributed by atoms with van der Waals surface area (Å²) < 4.78 is 18.9. The Morgan fingerprint density at radius 2 is 2.04 bits per heavy atom. The highest BCUT2D eigenvalue weighted by atomic mass is 16.6. The molecule has 128 valence electrons. The summed E-state index contributed by atoms with van der Waals surface area (Å²) in [5.74, 6) is 0.597. The number of likely N-dealkylation sites (tertiary alicyclic amines) is 1. The smallest absolute Gasteiger partial charge is 0.230 e. The molecule has 8 heteroatoms.